The largest absolute Gasteiger partial charge is 0.394 e. The molecule has 1 aromatic carbocycles. The summed E-state index contributed by atoms with van der Waals surface area (Å²) >= 11 is 0. The number of nitrogens with one attached hydrogen (secondary N) is 1. The highest BCUT2D eigenvalue weighted by Gasteiger charge is 2.45. The number of benzene rings is 1. The molecule has 0 aliphatic carbocycles. The van der Waals surface area contributed by atoms with Crippen molar-refractivity contribution in [3.8, 4) is 6.07 Å². The number of anilines is 1. The first kappa shape index (κ1) is 22.2. The van der Waals surface area contributed by atoms with E-state index in [2.05, 4.69) is 28.2 Å². The van der Waals surface area contributed by atoms with Gasteiger partial charge in [-0.05, 0) is 42.2 Å². The van der Waals surface area contributed by atoms with Crippen LogP contribution in [0, 0.1) is 23.1 Å². The summed E-state index contributed by atoms with van der Waals surface area (Å²) in [6.45, 7) is 3.83. The molecule has 0 spiro atoms. The number of rotatable bonds is 7. The minimum absolute atomic E-state index is 0.0878. The third-order valence-electron chi connectivity index (χ3n) is 6.57. The summed E-state index contributed by atoms with van der Waals surface area (Å²) in [6, 6.07) is 11.9. The van der Waals surface area contributed by atoms with Crippen molar-refractivity contribution >= 4 is 11.7 Å². The zero-order valence-corrected chi connectivity index (χ0v) is 18.1. The number of hydrogen-bond acceptors (Lipinski definition) is 6. The summed E-state index contributed by atoms with van der Waals surface area (Å²) in [5.74, 6) is 1.08. The molecule has 2 aliphatic rings. The topological polar surface area (TPSA) is 92.5 Å². The summed E-state index contributed by atoms with van der Waals surface area (Å²) in [4.78, 5) is 21.6. The normalized spacial score (nSPS) is 23.1. The van der Waals surface area contributed by atoms with Gasteiger partial charge in [-0.1, -0.05) is 19.1 Å². The van der Waals surface area contributed by atoms with Crippen LogP contribution in [-0.2, 0) is 4.79 Å². The number of carbonyl (C=O) groups excluding carboxylic acids is 1. The molecule has 2 saturated heterocycles. The van der Waals surface area contributed by atoms with Gasteiger partial charge in [0.1, 0.15) is 17.7 Å². The summed E-state index contributed by atoms with van der Waals surface area (Å²) < 4.78 is 13.1. The van der Waals surface area contributed by atoms with Gasteiger partial charge in [-0.2, -0.15) is 5.26 Å². The maximum Gasteiger partial charge on any atom is 0.223 e. The lowest BCUT2D eigenvalue weighted by Crippen LogP contribution is -2.56. The number of nitrogens with zero attached hydrogens (tertiary/aromatic N) is 4. The van der Waals surface area contributed by atoms with Crippen LogP contribution in [0.25, 0.3) is 0 Å². The Morgan fingerprint density at radius 3 is 2.72 bits per heavy atom. The fourth-order valence-corrected chi connectivity index (χ4v) is 4.89. The zero-order valence-electron chi connectivity index (χ0n) is 18.1. The number of pyridine rings is 1. The van der Waals surface area contributed by atoms with Crippen molar-refractivity contribution in [1.82, 2.24) is 15.2 Å². The van der Waals surface area contributed by atoms with Gasteiger partial charge in [-0.25, -0.2) is 9.37 Å². The molecule has 168 valence electrons. The van der Waals surface area contributed by atoms with E-state index in [1.165, 1.54) is 12.1 Å². The van der Waals surface area contributed by atoms with Gasteiger partial charge in [-0.3, -0.25) is 4.79 Å². The van der Waals surface area contributed by atoms with Gasteiger partial charge >= 0.3 is 0 Å². The van der Waals surface area contributed by atoms with Gasteiger partial charge in [0.15, 0.2) is 0 Å². The van der Waals surface area contributed by atoms with E-state index in [1.807, 2.05) is 11.0 Å². The van der Waals surface area contributed by atoms with Crippen LogP contribution in [0.15, 0.2) is 42.6 Å². The molecule has 32 heavy (non-hydrogen) atoms. The first-order valence-corrected chi connectivity index (χ1v) is 11.0. The van der Waals surface area contributed by atoms with Crippen LogP contribution in [0.1, 0.15) is 36.9 Å². The Kier molecular flexibility index (Phi) is 6.68. The number of aromatic nitrogens is 1. The molecule has 2 fully saturated rings. The number of fused-ring (bicyclic) bond motifs is 2. The predicted molar refractivity (Wildman–Crippen MR) is 118 cm³/mol. The Morgan fingerprint density at radius 1 is 1.31 bits per heavy atom. The van der Waals surface area contributed by atoms with E-state index >= 15 is 0 Å². The first-order chi connectivity index (χ1) is 15.5. The molecular weight excluding hydrogens is 409 g/mol. The second kappa shape index (κ2) is 9.63. The lowest BCUT2D eigenvalue weighted by molar-refractivity contribution is -0.132. The maximum absolute atomic E-state index is 13.1. The average molecular weight is 438 g/mol. The average Bonchev–Trinajstić information content (AvgIpc) is 3.01. The molecule has 1 aromatic heterocycles. The second-order valence-corrected chi connectivity index (χ2v) is 8.65. The van der Waals surface area contributed by atoms with Crippen molar-refractivity contribution in [3.05, 3.63) is 59.5 Å². The molecule has 3 heterocycles. The lowest BCUT2D eigenvalue weighted by Gasteiger charge is -2.42. The molecule has 2 bridgehead atoms. The van der Waals surface area contributed by atoms with Crippen LogP contribution in [-0.4, -0.2) is 59.2 Å². The van der Waals surface area contributed by atoms with Crippen LogP contribution < -0.4 is 10.2 Å². The number of amides is 1. The molecular formula is C24H28FN5O2. The fraction of sp³-hybridized carbons (Fsp3) is 0.458. The highest BCUT2D eigenvalue weighted by molar-refractivity contribution is 5.77. The van der Waals surface area contributed by atoms with Gasteiger partial charge < -0.3 is 20.2 Å². The van der Waals surface area contributed by atoms with Crippen molar-refractivity contribution in [2.45, 2.75) is 37.9 Å². The molecule has 4 atom stereocenters. The molecule has 2 N–H and O–H groups in total. The van der Waals surface area contributed by atoms with Crippen LogP contribution in [0.4, 0.5) is 10.2 Å². The Morgan fingerprint density at radius 2 is 2.09 bits per heavy atom. The van der Waals surface area contributed by atoms with E-state index in [4.69, 9.17) is 5.26 Å². The molecule has 0 saturated carbocycles. The number of halogens is 1. The van der Waals surface area contributed by atoms with E-state index in [9.17, 15) is 14.3 Å². The zero-order chi connectivity index (χ0) is 22.7. The van der Waals surface area contributed by atoms with Crippen molar-refractivity contribution in [3.63, 3.8) is 0 Å². The highest BCUT2D eigenvalue weighted by atomic mass is 19.1. The molecule has 1 amide bonds. The van der Waals surface area contributed by atoms with Crippen LogP contribution in [0.3, 0.4) is 0 Å². The number of nitriles is 1. The Bertz CT molecular complexity index is 975. The standard InChI is InChI=1S/C24H28FN5O2/c1-16-10-20-13-29(14-22(16)30(20)23-7-2-17(11-26)12-28-23)24(32)8-9-27-21(15-31)18-3-5-19(25)6-4-18/h2-7,12,16,20-22,27,31H,8-10,13-15H2,1H3/t16-,20?,21+,22?/m0/s1. The van der Waals surface area contributed by atoms with Crippen LogP contribution in [0.5, 0.6) is 0 Å². The quantitative estimate of drug-likeness (QED) is 0.690. The van der Waals surface area contributed by atoms with Crippen LogP contribution in [0.2, 0.25) is 0 Å². The fourth-order valence-electron chi connectivity index (χ4n) is 4.89. The smallest absolute Gasteiger partial charge is 0.223 e. The first-order valence-electron chi connectivity index (χ1n) is 11.0. The minimum Gasteiger partial charge on any atom is -0.394 e. The molecule has 2 aromatic rings. The van der Waals surface area contributed by atoms with E-state index < -0.39 is 0 Å². The maximum atomic E-state index is 13.1. The van der Waals surface area contributed by atoms with Gasteiger partial charge in [0, 0.05) is 38.3 Å². The third kappa shape index (κ3) is 4.59. The summed E-state index contributed by atoms with van der Waals surface area (Å²) in [5.41, 5.74) is 1.33. The van der Waals surface area contributed by atoms with Crippen molar-refractivity contribution < 1.29 is 14.3 Å². The molecule has 4 rings (SSSR count). The molecule has 8 heteroatoms. The Labute approximate surface area is 187 Å². The summed E-state index contributed by atoms with van der Waals surface area (Å²) in [6.07, 6.45) is 2.94. The van der Waals surface area contributed by atoms with E-state index in [-0.39, 0.29) is 36.5 Å². The number of hydrogen-bond donors (Lipinski definition) is 2. The monoisotopic (exact) mass is 437 g/mol. The van der Waals surface area contributed by atoms with Gasteiger partial charge in [0.05, 0.1) is 24.3 Å². The molecule has 2 unspecified atom stereocenters. The van der Waals surface area contributed by atoms with Crippen molar-refractivity contribution in [2.75, 3.05) is 31.1 Å². The molecule has 2 aliphatic heterocycles. The highest BCUT2D eigenvalue weighted by Crippen LogP contribution is 2.37. The number of likely N-dealkylation sites (tertiary alicyclic amines) is 1. The van der Waals surface area contributed by atoms with Gasteiger partial charge in [-0.15, -0.1) is 0 Å². The second-order valence-electron chi connectivity index (χ2n) is 8.65. The lowest BCUT2D eigenvalue weighted by atomic mass is 10.0. The summed E-state index contributed by atoms with van der Waals surface area (Å²) in [5, 5.41) is 21.9. The van der Waals surface area contributed by atoms with Gasteiger partial charge in [0.25, 0.3) is 0 Å². The van der Waals surface area contributed by atoms with Crippen molar-refractivity contribution in [1.29, 1.82) is 5.26 Å². The number of aliphatic hydroxyl groups is 1. The molecule has 0 radical (unpaired) electrons. The number of aliphatic hydroxyl groups excluding tert-OH is 1. The van der Waals surface area contributed by atoms with E-state index in [0.29, 0.717) is 37.5 Å². The Balaban J connectivity index is 1.33. The van der Waals surface area contributed by atoms with Crippen molar-refractivity contribution in [2.24, 2.45) is 5.92 Å². The summed E-state index contributed by atoms with van der Waals surface area (Å²) in [7, 11) is 0. The third-order valence-corrected chi connectivity index (χ3v) is 6.57. The Hall–Kier alpha value is -3.02. The number of carbonyl (C=O) groups is 1. The predicted octanol–water partition coefficient (Wildman–Crippen LogP) is 2.23. The molecule has 7 nitrogen and oxygen atoms in total. The minimum atomic E-state index is -0.334. The SMILES string of the molecule is C[C@H]1CC2CN(C(=O)CCN[C@H](CO)c3ccc(F)cc3)CC1N2c1ccc(C#N)cn1. The number of piperazine rings is 1. The van der Waals surface area contributed by atoms with Gasteiger partial charge in [0.2, 0.25) is 5.91 Å². The van der Waals surface area contributed by atoms with E-state index in [1.54, 1.807) is 24.4 Å². The van der Waals surface area contributed by atoms with Crippen LogP contribution >= 0.6 is 0 Å². The van der Waals surface area contributed by atoms with E-state index in [0.717, 1.165) is 17.8 Å².